The van der Waals surface area contributed by atoms with Crippen molar-refractivity contribution in [3.63, 3.8) is 0 Å². The molecule has 1 heterocycles. The zero-order valence-corrected chi connectivity index (χ0v) is 24.5. The summed E-state index contributed by atoms with van der Waals surface area (Å²) >= 11 is 0. The predicted octanol–water partition coefficient (Wildman–Crippen LogP) is 3.73. The van der Waals surface area contributed by atoms with E-state index in [0.29, 0.717) is 46.7 Å². The normalized spacial score (nSPS) is 12.6. The lowest BCUT2D eigenvalue weighted by Gasteiger charge is -2.24. The van der Waals surface area contributed by atoms with Crippen LogP contribution < -0.4 is 15.4 Å². The minimum Gasteiger partial charge on any atom is -0.507 e. The molecule has 9 nitrogen and oxygen atoms in total. The topological polar surface area (TPSA) is 132 Å². The van der Waals surface area contributed by atoms with Gasteiger partial charge >= 0.3 is 0 Å². The Hall–Kier alpha value is -3.24. The third kappa shape index (κ3) is 6.79. The summed E-state index contributed by atoms with van der Waals surface area (Å²) in [5.74, 6) is 0.179. The van der Waals surface area contributed by atoms with Crippen LogP contribution in [0, 0.1) is 5.41 Å². The van der Waals surface area contributed by atoms with Crippen molar-refractivity contribution in [1.29, 1.82) is 5.41 Å². The number of amides is 1. The summed E-state index contributed by atoms with van der Waals surface area (Å²) in [5.41, 5.74) is 2.96. The van der Waals surface area contributed by atoms with Crippen molar-refractivity contribution < 1.29 is 24.2 Å². The van der Waals surface area contributed by atoms with Crippen LogP contribution in [0.2, 0.25) is 0 Å². The molecule has 0 saturated carbocycles. The van der Waals surface area contributed by atoms with Crippen molar-refractivity contribution in [3.8, 4) is 11.5 Å². The number of nitrogens with zero attached hydrogens (tertiary/aromatic N) is 1. The van der Waals surface area contributed by atoms with Crippen LogP contribution in [0.3, 0.4) is 0 Å². The van der Waals surface area contributed by atoms with Gasteiger partial charge in [0.15, 0.2) is 5.78 Å². The summed E-state index contributed by atoms with van der Waals surface area (Å²) in [6, 6.07) is 6.75. The van der Waals surface area contributed by atoms with E-state index >= 15 is 0 Å². The minimum atomic E-state index is -0.418. The van der Waals surface area contributed by atoms with Gasteiger partial charge in [0.05, 0.1) is 25.3 Å². The number of benzene rings is 2. The summed E-state index contributed by atoms with van der Waals surface area (Å²) in [6.45, 7) is 10.2. The van der Waals surface area contributed by atoms with Crippen LogP contribution >= 0.6 is 17.0 Å². The van der Waals surface area contributed by atoms with Crippen molar-refractivity contribution in [1.82, 2.24) is 15.5 Å². The summed E-state index contributed by atoms with van der Waals surface area (Å²) in [6.07, 6.45) is 0. The predicted molar refractivity (Wildman–Crippen MR) is 152 cm³/mol. The smallest absolute Gasteiger partial charge is 0.254 e. The van der Waals surface area contributed by atoms with Crippen molar-refractivity contribution in [2.45, 2.75) is 53.1 Å². The largest absolute Gasteiger partial charge is 0.507 e. The van der Waals surface area contributed by atoms with Crippen LogP contribution in [0.15, 0.2) is 24.3 Å². The van der Waals surface area contributed by atoms with Crippen LogP contribution in [-0.4, -0.2) is 60.1 Å². The average Bonchev–Trinajstić information content (AvgIpc) is 3.12. The van der Waals surface area contributed by atoms with Gasteiger partial charge < -0.3 is 25.4 Å². The number of Topliss-reactive ketones (excluding diaryl/α,β-unsaturated/α-hetero) is 2. The molecular formula is C28H37BrN4O5. The van der Waals surface area contributed by atoms with Gasteiger partial charge in [-0.25, -0.2) is 0 Å². The number of hydrogen-bond acceptors (Lipinski definition) is 7. The Balaban J connectivity index is 0.00000507. The van der Waals surface area contributed by atoms with Crippen molar-refractivity contribution in [2.24, 2.45) is 0 Å². The molecule has 2 aromatic carbocycles. The maximum atomic E-state index is 13.4. The zero-order chi connectivity index (χ0) is 27.5. The SMILES string of the molecule is Br.CCOc1cc2c(cc1C(=O)NC)CN(CC(=O)c1cc(CNCC(C)=O)c(O)c(C(C)(C)C)c1)C2=N. The van der Waals surface area contributed by atoms with E-state index in [9.17, 15) is 19.5 Å². The molecule has 0 fully saturated rings. The number of amidine groups is 1. The molecule has 0 aliphatic carbocycles. The first-order valence-electron chi connectivity index (χ1n) is 12.3. The second-order valence-electron chi connectivity index (χ2n) is 10.2. The number of carbonyl (C=O) groups excluding carboxylic acids is 3. The first-order valence-corrected chi connectivity index (χ1v) is 12.3. The van der Waals surface area contributed by atoms with Crippen molar-refractivity contribution in [2.75, 3.05) is 26.7 Å². The second kappa shape index (κ2) is 12.5. The van der Waals surface area contributed by atoms with E-state index in [1.165, 1.54) is 6.92 Å². The standard InChI is InChI=1S/C28H36N4O5.BrH/c1-7-37-24-11-20-19(9-21(24)27(36)30-6)14-32(26(20)29)15-23(34)17-8-18(13-31-12-16(2)33)25(35)22(10-17)28(3,4)5;/h8-11,29,31,35H,7,12-15H2,1-6H3,(H,30,36);1H. The van der Waals surface area contributed by atoms with Crippen molar-refractivity contribution in [3.05, 3.63) is 57.6 Å². The Morgan fingerprint density at radius 2 is 1.84 bits per heavy atom. The van der Waals surface area contributed by atoms with Gasteiger partial charge in [0.2, 0.25) is 0 Å². The molecule has 0 aromatic heterocycles. The molecule has 1 aliphatic rings. The second-order valence-corrected chi connectivity index (χ2v) is 10.2. The number of phenols is 1. The first-order chi connectivity index (χ1) is 17.4. The monoisotopic (exact) mass is 588 g/mol. The van der Waals surface area contributed by atoms with E-state index in [1.54, 1.807) is 36.2 Å². The highest BCUT2D eigenvalue weighted by atomic mass is 79.9. The van der Waals surface area contributed by atoms with Gasteiger partial charge in [-0.1, -0.05) is 20.8 Å². The fraction of sp³-hybridized carbons (Fsp3) is 0.429. The molecule has 2 aromatic rings. The Bertz CT molecular complexity index is 1250. The molecule has 1 aliphatic heterocycles. The lowest BCUT2D eigenvalue weighted by molar-refractivity contribution is -0.116. The maximum Gasteiger partial charge on any atom is 0.254 e. The number of ether oxygens (including phenoxy) is 1. The number of rotatable bonds is 10. The van der Waals surface area contributed by atoms with Crippen LogP contribution in [-0.2, 0) is 23.3 Å². The lowest BCUT2D eigenvalue weighted by Crippen LogP contribution is -2.30. The van der Waals surface area contributed by atoms with E-state index < -0.39 is 5.41 Å². The molecule has 0 bridgehead atoms. The maximum absolute atomic E-state index is 13.4. The molecular weight excluding hydrogens is 552 g/mol. The molecule has 206 valence electrons. The number of phenolic OH excluding ortho intramolecular Hbond substituents is 1. The van der Waals surface area contributed by atoms with Gasteiger partial charge in [-0.3, -0.25) is 19.8 Å². The van der Waals surface area contributed by atoms with Gasteiger partial charge in [-0.15, -0.1) is 17.0 Å². The number of nitrogens with one attached hydrogen (secondary N) is 3. The Morgan fingerprint density at radius 1 is 1.16 bits per heavy atom. The van der Waals surface area contributed by atoms with Gasteiger partial charge in [-0.2, -0.15) is 0 Å². The van der Waals surface area contributed by atoms with E-state index in [2.05, 4.69) is 10.6 Å². The van der Waals surface area contributed by atoms with Crippen LogP contribution in [0.25, 0.3) is 0 Å². The third-order valence-electron chi connectivity index (χ3n) is 6.25. The quantitative estimate of drug-likeness (QED) is 0.311. The van der Waals surface area contributed by atoms with E-state index in [1.807, 2.05) is 27.7 Å². The molecule has 10 heteroatoms. The van der Waals surface area contributed by atoms with E-state index in [-0.39, 0.29) is 65.7 Å². The first kappa shape index (κ1) is 31.0. The van der Waals surface area contributed by atoms with Gasteiger partial charge in [0, 0.05) is 42.4 Å². The van der Waals surface area contributed by atoms with E-state index in [4.69, 9.17) is 10.1 Å². The van der Waals surface area contributed by atoms with Crippen LogP contribution in [0.1, 0.15) is 77.6 Å². The average molecular weight is 590 g/mol. The molecule has 0 saturated heterocycles. The van der Waals surface area contributed by atoms with Gasteiger partial charge in [0.25, 0.3) is 5.91 Å². The van der Waals surface area contributed by atoms with Crippen LogP contribution in [0.5, 0.6) is 11.5 Å². The molecule has 0 radical (unpaired) electrons. The highest BCUT2D eigenvalue weighted by Crippen LogP contribution is 2.35. The number of aromatic hydroxyl groups is 1. The number of ketones is 2. The molecule has 1 amide bonds. The Labute approximate surface area is 234 Å². The third-order valence-corrected chi connectivity index (χ3v) is 6.25. The minimum absolute atomic E-state index is 0. The summed E-state index contributed by atoms with van der Waals surface area (Å²) in [5, 5.41) is 25.2. The van der Waals surface area contributed by atoms with E-state index in [0.717, 1.165) is 5.56 Å². The summed E-state index contributed by atoms with van der Waals surface area (Å²) < 4.78 is 5.64. The zero-order valence-electron chi connectivity index (χ0n) is 22.8. The van der Waals surface area contributed by atoms with Crippen molar-refractivity contribution >= 4 is 40.3 Å². The summed E-state index contributed by atoms with van der Waals surface area (Å²) in [7, 11) is 1.55. The van der Waals surface area contributed by atoms with Gasteiger partial charge in [0.1, 0.15) is 23.1 Å². The fourth-order valence-electron chi connectivity index (χ4n) is 4.35. The number of halogens is 1. The molecule has 38 heavy (non-hydrogen) atoms. The molecule has 3 rings (SSSR count). The van der Waals surface area contributed by atoms with Crippen LogP contribution in [0.4, 0.5) is 0 Å². The highest BCUT2D eigenvalue weighted by molar-refractivity contribution is 8.93. The Morgan fingerprint density at radius 3 is 2.42 bits per heavy atom. The molecule has 0 atom stereocenters. The van der Waals surface area contributed by atoms with Gasteiger partial charge in [-0.05, 0) is 49.1 Å². The molecule has 0 spiro atoms. The number of hydrogen-bond donors (Lipinski definition) is 4. The molecule has 0 unspecified atom stereocenters. The molecule has 4 N–H and O–H groups in total. The number of carbonyl (C=O) groups is 3. The Kier molecular flexibility index (Phi) is 10.2. The fourth-order valence-corrected chi connectivity index (χ4v) is 4.35. The highest BCUT2D eigenvalue weighted by Gasteiger charge is 2.30. The summed E-state index contributed by atoms with van der Waals surface area (Å²) in [4.78, 5) is 38.8. The lowest BCUT2D eigenvalue weighted by atomic mass is 9.83. The number of fused-ring (bicyclic) bond motifs is 1.